The maximum atomic E-state index is 14.2. The SMILES string of the molecule is CC[C@H](C)C(=O)O[C@H]1C[C@H](O)C=C2C=C[C@H](C)[C@H](CC[C@@H](O)C[C@@H](O)CC(=O)OC(C(=O)OCC#CCN(CC)CCCl)(c3ccccc3)C3CCCCC3)[C@H]21. The molecule has 1 saturated carbocycles. The quantitative estimate of drug-likeness (QED) is 0.0616. The van der Waals surface area contributed by atoms with Crippen LogP contribution in [-0.4, -0.2) is 94.7 Å². The van der Waals surface area contributed by atoms with E-state index in [1.54, 1.807) is 24.3 Å². The Morgan fingerprint density at radius 1 is 1.05 bits per heavy atom. The summed E-state index contributed by atoms with van der Waals surface area (Å²) in [6.45, 7) is 9.70. The van der Waals surface area contributed by atoms with E-state index in [2.05, 4.69) is 29.7 Å². The summed E-state index contributed by atoms with van der Waals surface area (Å²) in [5.41, 5.74) is -0.271. The summed E-state index contributed by atoms with van der Waals surface area (Å²) in [5.74, 6) is 4.18. The smallest absolute Gasteiger partial charge is 0.356 e. The van der Waals surface area contributed by atoms with Gasteiger partial charge in [0, 0.05) is 36.2 Å². The van der Waals surface area contributed by atoms with E-state index in [-0.39, 0.29) is 48.6 Å². The fourth-order valence-corrected chi connectivity index (χ4v) is 8.77. The van der Waals surface area contributed by atoms with Crippen LogP contribution in [0.5, 0.6) is 0 Å². The number of nitrogens with zero attached hydrogens (tertiary/aromatic N) is 1. The zero-order chi connectivity index (χ0) is 40.7. The van der Waals surface area contributed by atoms with Crippen molar-refractivity contribution in [2.24, 2.45) is 29.6 Å². The zero-order valence-electron chi connectivity index (χ0n) is 33.7. The molecule has 1 aromatic carbocycles. The van der Waals surface area contributed by atoms with Gasteiger partial charge in [-0.1, -0.05) is 107 Å². The molecule has 3 aliphatic rings. The Hall–Kier alpha value is -3.20. The number of fused-ring (bicyclic) bond motifs is 1. The van der Waals surface area contributed by atoms with E-state index in [0.29, 0.717) is 63.1 Å². The van der Waals surface area contributed by atoms with Crippen LogP contribution < -0.4 is 0 Å². The highest BCUT2D eigenvalue weighted by molar-refractivity contribution is 6.18. The predicted molar refractivity (Wildman–Crippen MR) is 216 cm³/mol. The summed E-state index contributed by atoms with van der Waals surface area (Å²) >= 11 is 5.89. The Morgan fingerprint density at radius 2 is 1.79 bits per heavy atom. The summed E-state index contributed by atoms with van der Waals surface area (Å²) in [6, 6.07) is 8.96. The van der Waals surface area contributed by atoms with E-state index < -0.39 is 48.4 Å². The highest BCUT2D eigenvalue weighted by Gasteiger charge is 2.52. The molecule has 0 amide bonds. The number of alkyl halides is 1. The van der Waals surface area contributed by atoms with Gasteiger partial charge in [-0.3, -0.25) is 14.5 Å². The van der Waals surface area contributed by atoms with Crippen LogP contribution in [0.2, 0.25) is 0 Å². The van der Waals surface area contributed by atoms with Crippen molar-refractivity contribution in [2.75, 3.05) is 32.1 Å². The van der Waals surface area contributed by atoms with Gasteiger partial charge in [-0.25, -0.2) is 4.79 Å². The second-order valence-electron chi connectivity index (χ2n) is 15.9. The largest absolute Gasteiger partial charge is 0.461 e. The molecule has 3 N–H and O–H groups in total. The van der Waals surface area contributed by atoms with Crippen LogP contribution in [0.1, 0.15) is 104 Å². The van der Waals surface area contributed by atoms with Crippen molar-refractivity contribution in [3.63, 3.8) is 0 Å². The summed E-state index contributed by atoms with van der Waals surface area (Å²) in [7, 11) is 0. The molecule has 11 heteroatoms. The van der Waals surface area contributed by atoms with Crippen LogP contribution in [0.3, 0.4) is 0 Å². The van der Waals surface area contributed by atoms with Crippen molar-refractivity contribution in [2.45, 2.75) is 128 Å². The molecule has 0 aliphatic heterocycles. The van der Waals surface area contributed by atoms with Gasteiger partial charge < -0.3 is 29.5 Å². The molecule has 1 fully saturated rings. The van der Waals surface area contributed by atoms with Crippen molar-refractivity contribution in [1.82, 2.24) is 4.90 Å². The molecule has 9 atom stereocenters. The normalized spacial score (nSPS) is 25.0. The standard InChI is InChI=1S/C45H64ClNO9/c1-5-31(3)43(52)55-40-29-37(49)27-33-20-19-32(4)39(42(33)40)22-21-36(48)28-38(50)30-41(51)56-45(34-15-9-7-10-16-34,35-17-11-8-12-18-35)44(53)54-26-14-13-24-47(6-2)25-23-46/h7,9-10,15-16,19-20,27,31-32,35-40,42,48-50H,5-6,8,11-12,17-18,21-26,28-30H2,1-4H3/t31-,32-,36+,37+,38+,39-,40-,42-,45?/m0/s1. The van der Waals surface area contributed by atoms with Crippen molar-refractivity contribution < 1.29 is 43.9 Å². The molecule has 10 nitrogen and oxygen atoms in total. The molecule has 0 radical (unpaired) electrons. The number of hydrogen-bond donors (Lipinski definition) is 3. The number of benzene rings is 1. The summed E-state index contributed by atoms with van der Waals surface area (Å²) in [5, 5.41) is 32.8. The van der Waals surface area contributed by atoms with Gasteiger partial charge in [0.25, 0.3) is 0 Å². The lowest BCUT2D eigenvalue weighted by Gasteiger charge is -2.43. The van der Waals surface area contributed by atoms with Crippen molar-refractivity contribution in [3.8, 4) is 11.8 Å². The van der Waals surface area contributed by atoms with Gasteiger partial charge in [0.2, 0.25) is 5.60 Å². The first-order valence-electron chi connectivity index (χ1n) is 20.8. The minimum atomic E-state index is -1.72. The molecular formula is C45H64ClNO9. The molecule has 0 bridgehead atoms. The molecular weight excluding hydrogens is 734 g/mol. The van der Waals surface area contributed by atoms with Crippen molar-refractivity contribution >= 4 is 29.5 Å². The van der Waals surface area contributed by atoms with E-state index in [0.717, 1.165) is 31.4 Å². The monoisotopic (exact) mass is 797 g/mol. The van der Waals surface area contributed by atoms with Crippen LogP contribution in [0.15, 0.2) is 54.1 Å². The first kappa shape index (κ1) is 45.5. The number of aliphatic hydroxyl groups is 3. The number of esters is 3. The van der Waals surface area contributed by atoms with E-state index >= 15 is 0 Å². The minimum Gasteiger partial charge on any atom is -0.461 e. The number of carbonyl (C=O) groups excluding carboxylic acids is 3. The minimum absolute atomic E-state index is 0.0270. The van der Waals surface area contributed by atoms with Crippen LogP contribution in [-0.2, 0) is 34.2 Å². The summed E-state index contributed by atoms with van der Waals surface area (Å²) in [4.78, 5) is 42.8. The lowest BCUT2D eigenvalue weighted by molar-refractivity contribution is -0.195. The maximum Gasteiger partial charge on any atom is 0.356 e. The Kier molecular flexibility index (Phi) is 18.4. The average Bonchev–Trinajstić information content (AvgIpc) is 3.19. The molecule has 310 valence electrons. The number of hydrogen-bond acceptors (Lipinski definition) is 10. The number of ether oxygens (including phenoxy) is 3. The topological polar surface area (TPSA) is 143 Å². The van der Waals surface area contributed by atoms with Crippen LogP contribution >= 0.6 is 11.6 Å². The Bertz CT molecular complexity index is 1530. The molecule has 0 spiro atoms. The van der Waals surface area contributed by atoms with Crippen LogP contribution in [0.25, 0.3) is 0 Å². The fourth-order valence-electron chi connectivity index (χ4n) is 8.53. The summed E-state index contributed by atoms with van der Waals surface area (Å²) < 4.78 is 18.0. The van der Waals surface area contributed by atoms with Gasteiger partial charge in [-0.15, -0.1) is 11.6 Å². The molecule has 1 unspecified atom stereocenters. The molecule has 0 saturated heterocycles. The van der Waals surface area contributed by atoms with Gasteiger partial charge in [-0.05, 0) is 62.5 Å². The first-order chi connectivity index (χ1) is 26.9. The highest BCUT2D eigenvalue weighted by Crippen LogP contribution is 2.45. The third kappa shape index (κ3) is 12.4. The van der Waals surface area contributed by atoms with Gasteiger partial charge in [-0.2, -0.15) is 0 Å². The fraction of sp³-hybridized carbons (Fsp3) is 0.667. The van der Waals surface area contributed by atoms with E-state index in [1.807, 2.05) is 39.0 Å². The summed E-state index contributed by atoms with van der Waals surface area (Å²) in [6.07, 6.45) is 8.09. The molecule has 56 heavy (non-hydrogen) atoms. The number of allylic oxidation sites excluding steroid dienone is 2. The Morgan fingerprint density at radius 3 is 2.46 bits per heavy atom. The lowest BCUT2D eigenvalue weighted by Crippen LogP contribution is -2.49. The maximum absolute atomic E-state index is 14.2. The van der Waals surface area contributed by atoms with Crippen molar-refractivity contribution in [3.05, 3.63) is 59.7 Å². The zero-order valence-corrected chi connectivity index (χ0v) is 34.5. The predicted octanol–water partition coefficient (Wildman–Crippen LogP) is 6.48. The number of halogens is 1. The molecule has 3 aliphatic carbocycles. The molecule has 4 rings (SSSR count). The number of rotatable bonds is 19. The third-order valence-corrected chi connectivity index (χ3v) is 12.1. The van der Waals surface area contributed by atoms with E-state index in [1.165, 1.54) is 0 Å². The lowest BCUT2D eigenvalue weighted by atomic mass is 9.66. The third-order valence-electron chi connectivity index (χ3n) is 11.9. The highest BCUT2D eigenvalue weighted by atomic mass is 35.5. The number of aliphatic hydroxyl groups excluding tert-OH is 3. The van der Waals surface area contributed by atoms with Gasteiger partial charge >= 0.3 is 17.9 Å². The van der Waals surface area contributed by atoms with E-state index in [4.69, 9.17) is 25.8 Å². The second-order valence-corrected chi connectivity index (χ2v) is 16.3. The first-order valence-corrected chi connectivity index (χ1v) is 21.3. The second kappa shape index (κ2) is 22.7. The van der Waals surface area contributed by atoms with Crippen LogP contribution in [0.4, 0.5) is 0 Å². The van der Waals surface area contributed by atoms with E-state index in [9.17, 15) is 29.7 Å². The molecule has 0 heterocycles. The van der Waals surface area contributed by atoms with Crippen LogP contribution in [0, 0.1) is 41.4 Å². The molecule has 0 aromatic heterocycles. The van der Waals surface area contributed by atoms with Gasteiger partial charge in [0.05, 0.1) is 37.2 Å². The Balaban J connectivity index is 1.43. The van der Waals surface area contributed by atoms with Crippen molar-refractivity contribution in [1.29, 1.82) is 0 Å². The van der Waals surface area contributed by atoms with Gasteiger partial charge in [0.1, 0.15) is 6.10 Å². The Labute approximate surface area is 339 Å². The molecule has 1 aromatic rings. The number of carbonyl (C=O) groups is 3. The average molecular weight is 798 g/mol. The van der Waals surface area contributed by atoms with Gasteiger partial charge in [0.15, 0.2) is 6.61 Å².